The summed E-state index contributed by atoms with van der Waals surface area (Å²) in [5.41, 5.74) is 2.02. The van der Waals surface area contributed by atoms with Gasteiger partial charge in [-0.05, 0) is 52.0 Å². The minimum atomic E-state index is -1.04. The highest BCUT2D eigenvalue weighted by Crippen LogP contribution is 2.16. The molecule has 1 N–H and O–H groups in total. The van der Waals surface area contributed by atoms with E-state index in [2.05, 4.69) is 17.0 Å². The summed E-state index contributed by atoms with van der Waals surface area (Å²) in [5.74, 6) is 6.27. The number of benzene rings is 1. The van der Waals surface area contributed by atoms with E-state index in [1.54, 1.807) is 50.1 Å². The van der Waals surface area contributed by atoms with Crippen molar-refractivity contribution >= 4 is 5.91 Å². The van der Waals surface area contributed by atoms with E-state index >= 15 is 0 Å². The molecule has 0 unspecified atom stereocenters. The van der Waals surface area contributed by atoms with E-state index in [0.29, 0.717) is 12.1 Å². The Labute approximate surface area is 142 Å². The molecule has 0 radical (unpaired) electrons. The van der Waals surface area contributed by atoms with Gasteiger partial charge in [0, 0.05) is 23.7 Å². The predicted molar refractivity (Wildman–Crippen MR) is 91.4 cm³/mol. The number of carbonyl (C=O) groups is 1. The molecule has 0 fully saturated rings. The zero-order valence-electron chi connectivity index (χ0n) is 14.7. The van der Waals surface area contributed by atoms with Crippen LogP contribution < -0.4 is 0 Å². The van der Waals surface area contributed by atoms with Gasteiger partial charge < -0.3 is 14.5 Å². The Bertz CT molecular complexity index is 767. The van der Waals surface area contributed by atoms with Crippen molar-refractivity contribution in [2.75, 3.05) is 7.05 Å². The smallest absolute Gasteiger partial charge is 0.253 e. The molecule has 0 atom stereocenters. The van der Waals surface area contributed by atoms with Crippen molar-refractivity contribution in [1.29, 1.82) is 0 Å². The molecule has 2 rings (SSSR count). The van der Waals surface area contributed by atoms with Gasteiger partial charge in [-0.3, -0.25) is 4.79 Å². The zero-order valence-corrected chi connectivity index (χ0v) is 14.7. The highest BCUT2D eigenvalue weighted by atomic mass is 16.5. The summed E-state index contributed by atoms with van der Waals surface area (Å²) in [7, 11) is 1.75. The number of aromatic nitrogens is 1. The molecule has 1 heterocycles. The van der Waals surface area contributed by atoms with Gasteiger partial charge in [0.25, 0.3) is 5.91 Å². The second kappa shape index (κ2) is 6.90. The molecular weight excluding hydrogens is 304 g/mol. The van der Waals surface area contributed by atoms with Crippen molar-refractivity contribution in [3.63, 3.8) is 0 Å². The third-order valence-corrected chi connectivity index (χ3v) is 3.57. The van der Waals surface area contributed by atoms with Gasteiger partial charge in [0.1, 0.15) is 11.4 Å². The lowest BCUT2D eigenvalue weighted by atomic mass is 10.1. The van der Waals surface area contributed by atoms with Crippen molar-refractivity contribution in [3.05, 3.63) is 52.4 Å². The monoisotopic (exact) mass is 326 g/mol. The molecular formula is C19H22N2O3. The number of nitrogens with zero attached hydrogens (tertiary/aromatic N) is 2. The van der Waals surface area contributed by atoms with Crippen LogP contribution in [-0.4, -0.2) is 33.7 Å². The highest BCUT2D eigenvalue weighted by Gasteiger charge is 2.16. The van der Waals surface area contributed by atoms with Crippen LogP contribution in [0.5, 0.6) is 0 Å². The van der Waals surface area contributed by atoms with E-state index in [9.17, 15) is 9.90 Å². The molecule has 1 amide bonds. The van der Waals surface area contributed by atoms with Crippen molar-refractivity contribution in [2.45, 2.75) is 39.8 Å². The number of hydrogen-bond donors (Lipinski definition) is 1. The topological polar surface area (TPSA) is 66.6 Å². The molecule has 24 heavy (non-hydrogen) atoms. The van der Waals surface area contributed by atoms with Crippen molar-refractivity contribution < 1.29 is 14.4 Å². The van der Waals surface area contributed by atoms with Crippen LogP contribution in [0.4, 0.5) is 0 Å². The summed E-state index contributed by atoms with van der Waals surface area (Å²) in [6, 6.07) is 7.02. The largest absolute Gasteiger partial charge is 0.378 e. The lowest BCUT2D eigenvalue weighted by Crippen LogP contribution is -2.26. The molecule has 5 nitrogen and oxygen atoms in total. The first-order chi connectivity index (χ1) is 11.2. The number of amides is 1. The lowest BCUT2D eigenvalue weighted by Gasteiger charge is -2.17. The second-order valence-corrected chi connectivity index (χ2v) is 6.35. The molecule has 0 aliphatic rings. The summed E-state index contributed by atoms with van der Waals surface area (Å²) in [4.78, 5) is 14.1. The van der Waals surface area contributed by atoms with Gasteiger partial charge in [0.05, 0.1) is 12.2 Å². The van der Waals surface area contributed by atoms with E-state index in [1.807, 2.05) is 13.8 Å². The van der Waals surface area contributed by atoms with Crippen molar-refractivity contribution in [2.24, 2.45) is 0 Å². The predicted octanol–water partition coefficient (Wildman–Crippen LogP) is 2.69. The molecule has 126 valence electrons. The summed E-state index contributed by atoms with van der Waals surface area (Å²) < 4.78 is 5.13. The summed E-state index contributed by atoms with van der Waals surface area (Å²) >= 11 is 0. The number of aryl methyl sites for hydroxylation is 2. The average molecular weight is 326 g/mol. The maximum absolute atomic E-state index is 12.5. The molecule has 0 saturated heterocycles. The SMILES string of the molecule is Cc1noc(C)c1CN(C)C(=O)c1ccc(C#CC(C)(C)O)cc1. The van der Waals surface area contributed by atoms with Crippen LogP contribution in [0, 0.1) is 25.7 Å². The Morgan fingerprint density at radius 2 is 1.92 bits per heavy atom. The third-order valence-electron chi connectivity index (χ3n) is 3.57. The van der Waals surface area contributed by atoms with Crippen LogP contribution in [0.1, 0.15) is 46.8 Å². The fraction of sp³-hybridized carbons (Fsp3) is 0.368. The minimum Gasteiger partial charge on any atom is -0.378 e. The van der Waals surface area contributed by atoms with Crippen LogP contribution in [0.3, 0.4) is 0 Å². The summed E-state index contributed by atoms with van der Waals surface area (Å²) in [6.45, 7) is 7.40. The molecule has 1 aromatic heterocycles. The van der Waals surface area contributed by atoms with Gasteiger partial charge in [0.15, 0.2) is 0 Å². The van der Waals surface area contributed by atoms with Gasteiger partial charge >= 0.3 is 0 Å². The quantitative estimate of drug-likeness (QED) is 0.881. The Hall–Kier alpha value is -2.58. The molecule has 0 spiro atoms. The van der Waals surface area contributed by atoms with Crippen molar-refractivity contribution in [3.8, 4) is 11.8 Å². The summed E-state index contributed by atoms with van der Waals surface area (Å²) in [6.07, 6.45) is 0. The van der Waals surface area contributed by atoms with Crippen LogP contribution in [0.2, 0.25) is 0 Å². The number of carbonyl (C=O) groups excluding carboxylic acids is 1. The molecule has 0 bridgehead atoms. The van der Waals surface area contributed by atoms with Gasteiger partial charge in [-0.15, -0.1) is 0 Å². The maximum atomic E-state index is 12.5. The van der Waals surface area contributed by atoms with Gasteiger partial charge in [-0.1, -0.05) is 17.0 Å². The highest BCUT2D eigenvalue weighted by molar-refractivity contribution is 5.94. The molecule has 0 aliphatic carbocycles. The van der Waals surface area contributed by atoms with E-state index in [4.69, 9.17) is 4.52 Å². The first-order valence-corrected chi connectivity index (χ1v) is 7.70. The van der Waals surface area contributed by atoms with E-state index < -0.39 is 5.60 Å². The first kappa shape index (κ1) is 17.8. The van der Waals surface area contributed by atoms with Gasteiger partial charge in [-0.2, -0.15) is 0 Å². The van der Waals surface area contributed by atoms with E-state index in [0.717, 1.165) is 22.6 Å². The van der Waals surface area contributed by atoms with Crippen LogP contribution in [0.15, 0.2) is 28.8 Å². The standard InChI is InChI=1S/C19H22N2O3/c1-13-17(14(2)24-20-13)12-21(5)18(22)16-8-6-15(7-9-16)10-11-19(3,4)23/h6-9,23H,12H2,1-5H3. The Balaban J connectivity index is 2.10. The first-order valence-electron chi connectivity index (χ1n) is 7.70. The summed E-state index contributed by atoms with van der Waals surface area (Å²) in [5, 5.41) is 13.5. The normalized spacial score (nSPS) is 10.9. The van der Waals surface area contributed by atoms with Gasteiger partial charge in [-0.25, -0.2) is 0 Å². The Morgan fingerprint density at radius 1 is 1.29 bits per heavy atom. The molecule has 2 aromatic rings. The number of rotatable bonds is 3. The minimum absolute atomic E-state index is 0.0861. The fourth-order valence-electron chi connectivity index (χ4n) is 2.18. The average Bonchev–Trinajstić information content (AvgIpc) is 2.84. The Morgan fingerprint density at radius 3 is 2.42 bits per heavy atom. The number of aliphatic hydroxyl groups is 1. The molecule has 5 heteroatoms. The fourth-order valence-corrected chi connectivity index (χ4v) is 2.18. The van der Waals surface area contributed by atoms with Crippen LogP contribution >= 0.6 is 0 Å². The maximum Gasteiger partial charge on any atom is 0.253 e. The van der Waals surface area contributed by atoms with Gasteiger partial charge in [0.2, 0.25) is 0 Å². The van der Waals surface area contributed by atoms with Crippen molar-refractivity contribution in [1.82, 2.24) is 10.1 Å². The molecule has 0 aliphatic heterocycles. The third kappa shape index (κ3) is 4.46. The molecule has 0 saturated carbocycles. The Kier molecular flexibility index (Phi) is 5.10. The second-order valence-electron chi connectivity index (χ2n) is 6.35. The molecule has 1 aromatic carbocycles. The van der Waals surface area contributed by atoms with E-state index in [1.165, 1.54) is 0 Å². The lowest BCUT2D eigenvalue weighted by molar-refractivity contribution is 0.0784. The zero-order chi connectivity index (χ0) is 17.9. The van der Waals surface area contributed by atoms with Crippen LogP contribution in [0.25, 0.3) is 0 Å². The number of hydrogen-bond acceptors (Lipinski definition) is 4. The van der Waals surface area contributed by atoms with E-state index in [-0.39, 0.29) is 5.91 Å². The van der Waals surface area contributed by atoms with Crippen LogP contribution in [-0.2, 0) is 6.54 Å².